The Morgan fingerprint density at radius 3 is 2.53 bits per heavy atom. The van der Waals surface area contributed by atoms with Crippen molar-refractivity contribution in [2.45, 2.75) is 20.8 Å². The molecule has 34 heavy (non-hydrogen) atoms. The molecule has 0 fully saturated rings. The van der Waals surface area contributed by atoms with Crippen LogP contribution in [-0.2, 0) is 19.1 Å². The van der Waals surface area contributed by atoms with E-state index in [1.807, 2.05) is 0 Å². The lowest BCUT2D eigenvalue weighted by Gasteiger charge is -2.14. The first kappa shape index (κ1) is 26.8. The summed E-state index contributed by atoms with van der Waals surface area (Å²) in [6, 6.07) is 8.90. The van der Waals surface area contributed by atoms with E-state index in [4.69, 9.17) is 14.2 Å². The van der Waals surface area contributed by atoms with Gasteiger partial charge in [0.1, 0.15) is 11.7 Å². The highest BCUT2D eigenvalue weighted by Crippen LogP contribution is 2.36. The molecular formula is C23H25BrFN3O6. The largest absolute Gasteiger partial charge is 0.490 e. The first-order chi connectivity index (χ1) is 16.3. The average Bonchev–Trinajstić information content (AvgIpc) is 2.79. The quantitative estimate of drug-likeness (QED) is 0.195. The Bertz CT molecular complexity index is 1060. The Labute approximate surface area is 204 Å². The molecule has 2 aromatic carbocycles. The normalized spacial score (nSPS) is 11.6. The molecule has 0 heterocycles. The van der Waals surface area contributed by atoms with E-state index in [0.717, 1.165) is 0 Å². The number of carbonyl (C=O) groups excluding carboxylic acids is 3. The number of hydrogen-bond donors (Lipinski definition) is 2. The fourth-order valence-electron chi connectivity index (χ4n) is 2.59. The number of hydrazone groups is 1. The summed E-state index contributed by atoms with van der Waals surface area (Å²) in [6.07, 6.45) is 1.35. The molecule has 1 atom stereocenters. The van der Waals surface area contributed by atoms with Gasteiger partial charge in [-0.1, -0.05) is 12.1 Å². The van der Waals surface area contributed by atoms with Gasteiger partial charge in [-0.2, -0.15) is 5.10 Å². The predicted octanol–water partition coefficient (Wildman–Crippen LogP) is 3.65. The number of nitrogens with zero attached hydrogens (tertiary/aromatic N) is 1. The number of hydrogen-bond acceptors (Lipinski definition) is 7. The van der Waals surface area contributed by atoms with Crippen LogP contribution in [0.1, 0.15) is 26.3 Å². The third kappa shape index (κ3) is 7.84. The highest BCUT2D eigenvalue weighted by atomic mass is 79.9. The van der Waals surface area contributed by atoms with E-state index in [0.29, 0.717) is 28.1 Å². The van der Waals surface area contributed by atoms with Crippen molar-refractivity contribution in [3.05, 3.63) is 52.3 Å². The SMILES string of the molecule is CCOC(=O)COc1c(Br)cc(C=NNC(=O)C(C)C(=O)Nc2ccccc2F)cc1OCC. The van der Waals surface area contributed by atoms with Crippen LogP contribution in [0.4, 0.5) is 10.1 Å². The summed E-state index contributed by atoms with van der Waals surface area (Å²) in [7, 11) is 0. The monoisotopic (exact) mass is 537 g/mol. The highest BCUT2D eigenvalue weighted by molar-refractivity contribution is 9.10. The fraction of sp³-hybridized carbons (Fsp3) is 0.304. The number of amides is 2. The van der Waals surface area contributed by atoms with E-state index >= 15 is 0 Å². The number of nitrogens with one attached hydrogen (secondary N) is 2. The first-order valence-electron chi connectivity index (χ1n) is 10.4. The van der Waals surface area contributed by atoms with Crippen LogP contribution in [-0.4, -0.2) is 43.8 Å². The number of benzene rings is 2. The van der Waals surface area contributed by atoms with E-state index in [2.05, 4.69) is 31.8 Å². The molecule has 0 bridgehead atoms. The zero-order chi connectivity index (χ0) is 25.1. The van der Waals surface area contributed by atoms with Crippen LogP contribution in [0.5, 0.6) is 11.5 Å². The lowest BCUT2D eigenvalue weighted by molar-refractivity contribution is -0.145. The summed E-state index contributed by atoms with van der Waals surface area (Å²) >= 11 is 3.37. The summed E-state index contributed by atoms with van der Waals surface area (Å²) in [5.74, 6) is -2.93. The molecule has 0 aliphatic carbocycles. The second-order valence-corrected chi connectivity index (χ2v) is 7.64. The van der Waals surface area contributed by atoms with Crippen LogP contribution in [0.25, 0.3) is 0 Å². The summed E-state index contributed by atoms with van der Waals surface area (Å²) in [4.78, 5) is 36.1. The second-order valence-electron chi connectivity index (χ2n) is 6.78. The third-order valence-electron chi connectivity index (χ3n) is 4.28. The van der Waals surface area contributed by atoms with E-state index < -0.39 is 29.5 Å². The molecule has 0 saturated carbocycles. The van der Waals surface area contributed by atoms with E-state index in [-0.39, 0.29) is 18.9 Å². The van der Waals surface area contributed by atoms with Gasteiger partial charge in [0.25, 0.3) is 5.91 Å². The van der Waals surface area contributed by atoms with E-state index in [1.165, 1.54) is 31.3 Å². The molecule has 0 aromatic heterocycles. The summed E-state index contributed by atoms with van der Waals surface area (Å²) in [5.41, 5.74) is 2.80. The minimum atomic E-state index is -1.12. The smallest absolute Gasteiger partial charge is 0.344 e. The highest BCUT2D eigenvalue weighted by Gasteiger charge is 2.22. The van der Waals surface area contributed by atoms with Crippen LogP contribution in [0.3, 0.4) is 0 Å². The molecule has 2 N–H and O–H groups in total. The van der Waals surface area contributed by atoms with Crippen LogP contribution in [0.15, 0.2) is 46.0 Å². The maximum absolute atomic E-state index is 13.7. The first-order valence-corrected chi connectivity index (χ1v) is 11.2. The second kappa shape index (κ2) is 13.3. The third-order valence-corrected chi connectivity index (χ3v) is 4.87. The van der Waals surface area contributed by atoms with Gasteiger partial charge in [-0.25, -0.2) is 14.6 Å². The summed E-state index contributed by atoms with van der Waals surface area (Å²) in [6.45, 7) is 5.16. The Morgan fingerprint density at radius 1 is 1.12 bits per heavy atom. The predicted molar refractivity (Wildman–Crippen MR) is 127 cm³/mol. The lowest BCUT2D eigenvalue weighted by Crippen LogP contribution is -2.34. The van der Waals surface area contributed by atoms with Gasteiger partial charge in [-0.3, -0.25) is 9.59 Å². The molecule has 0 aliphatic heterocycles. The molecule has 2 rings (SSSR count). The molecular weight excluding hydrogens is 513 g/mol. The van der Waals surface area contributed by atoms with Crippen molar-refractivity contribution in [2.75, 3.05) is 25.1 Å². The minimum absolute atomic E-state index is 0.0192. The van der Waals surface area contributed by atoms with Gasteiger partial charge in [-0.05, 0) is 66.5 Å². The zero-order valence-electron chi connectivity index (χ0n) is 18.9. The number of halogens is 2. The van der Waals surface area contributed by atoms with Crippen molar-refractivity contribution >= 4 is 45.6 Å². The van der Waals surface area contributed by atoms with E-state index in [9.17, 15) is 18.8 Å². The van der Waals surface area contributed by atoms with Crippen LogP contribution in [0.2, 0.25) is 0 Å². The number of esters is 1. The summed E-state index contributed by atoms with van der Waals surface area (Å²) < 4.78 is 30.1. The van der Waals surface area contributed by atoms with Gasteiger partial charge >= 0.3 is 5.97 Å². The Kier molecular flexibility index (Phi) is 10.5. The van der Waals surface area contributed by atoms with Gasteiger partial charge in [0.05, 0.1) is 29.6 Å². The summed E-state index contributed by atoms with van der Waals surface area (Å²) in [5, 5.41) is 6.24. The molecule has 2 amide bonds. The molecule has 2 aromatic rings. The minimum Gasteiger partial charge on any atom is -0.490 e. The van der Waals surface area contributed by atoms with Crippen molar-refractivity contribution < 1.29 is 33.0 Å². The van der Waals surface area contributed by atoms with Crippen molar-refractivity contribution in [1.29, 1.82) is 0 Å². The Hall–Kier alpha value is -3.47. The molecule has 0 radical (unpaired) electrons. The number of rotatable bonds is 11. The standard InChI is InChI=1S/C23H25BrFN3O6/c1-4-32-19-11-15(10-16(24)21(19)34-13-20(29)33-5-2)12-26-28-23(31)14(3)22(30)27-18-9-7-6-8-17(18)25/h6-12,14H,4-5,13H2,1-3H3,(H,27,30)(H,28,31). The van der Waals surface area contributed by atoms with Gasteiger partial charge in [-0.15, -0.1) is 0 Å². The van der Waals surface area contributed by atoms with Gasteiger partial charge in [0, 0.05) is 0 Å². The van der Waals surface area contributed by atoms with Crippen molar-refractivity contribution in [3.8, 4) is 11.5 Å². The van der Waals surface area contributed by atoms with Gasteiger partial charge in [0.15, 0.2) is 18.1 Å². The Balaban J connectivity index is 2.03. The van der Waals surface area contributed by atoms with Crippen LogP contribution >= 0.6 is 15.9 Å². The van der Waals surface area contributed by atoms with Crippen LogP contribution in [0, 0.1) is 11.7 Å². The maximum Gasteiger partial charge on any atom is 0.344 e. The van der Waals surface area contributed by atoms with Crippen molar-refractivity contribution in [1.82, 2.24) is 5.43 Å². The zero-order valence-corrected chi connectivity index (χ0v) is 20.5. The Morgan fingerprint density at radius 2 is 1.85 bits per heavy atom. The molecule has 11 heteroatoms. The van der Waals surface area contributed by atoms with Gasteiger partial charge < -0.3 is 19.5 Å². The van der Waals surface area contributed by atoms with Gasteiger partial charge in [0.2, 0.25) is 5.91 Å². The molecule has 182 valence electrons. The molecule has 0 aliphatic rings. The topological polar surface area (TPSA) is 115 Å². The van der Waals surface area contributed by atoms with Crippen molar-refractivity contribution in [2.24, 2.45) is 11.0 Å². The fourth-order valence-corrected chi connectivity index (χ4v) is 3.16. The van der Waals surface area contributed by atoms with Crippen molar-refractivity contribution in [3.63, 3.8) is 0 Å². The molecule has 0 saturated heterocycles. The maximum atomic E-state index is 13.7. The molecule has 1 unspecified atom stereocenters. The van der Waals surface area contributed by atoms with Crippen LogP contribution < -0.4 is 20.2 Å². The number of carbonyl (C=O) groups is 3. The number of anilines is 1. The average molecular weight is 538 g/mol. The molecule has 9 nitrogen and oxygen atoms in total. The van der Waals surface area contributed by atoms with E-state index in [1.54, 1.807) is 32.0 Å². The lowest BCUT2D eigenvalue weighted by atomic mass is 10.1. The number of para-hydroxylation sites is 1. The number of ether oxygens (including phenoxy) is 3. The molecule has 0 spiro atoms.